The Hall–Kier alpha value is -3.13. The number of hydrogen-bond acceptors (Lipinski definition) is 6. The van der Waals surface area contributed by atoms with E-state index in [2.05, 4.69) is 4.98 Å². The van der Waals surface area contributed by atoms with Crippen molar-refractivity contribution in [2.24, 2.45) is 0 Å². The van der Waals surface area contributed by atoms with E-state index >= 15 is 0 Å². The molecule has 0 radical (unpaired) electrons. The highest BCUT2D eigenvalue weighted by Crippen LogP contribution is 2.26. The van der Waals surface area contributed by atoms with Crippen molar-refractivity contribution in [2.75, 3.05) is 5.73 Å². The van der Waals surface area contributed by atoms with Gasteiger partial charge in [0.1, 0.15) is 5.82 Å². The van der Waals surface area contributed by atoms with Gasteiger partial charge in [-0.3, -0.25) is 19.5 Å². The number of thioether (sulfide) groups is 1. The fourth-order valence-corrected chi connectivity index (χ4v) is 3.26. The Labute approximate surface area is 147 Å². The van der Waals surface area contributed by atoms with E-state index < -0.39 is 10.5 Å². The number of rotatable bonds is 5. The summed E-state index contributed by atoms with van der Waals surface area (Å²) in [5.74, 6) is 0.804. The van der Waals surface area contributed by atoms with Crippen molar-refractivity contribution in [3.63, 3.8) is 0 Å². The third-order valence-corrected chi connectivity index (χ3v) is 4.47. The molecule has 0 atom stereocenters. The zero-order chi connectivity index (χ0) is 17.8. The molecular weight excluding hydrogens is 340 g/mol. The Bertz CT molecular complexity index is 956. The molecule has 3 aromatic rings. The Morgan fingerprint density at radius 2 is 1.80 bits per heavy atom. The van der Waals surface area contributed by atoms with Gasteiger partial charge in [0.25, 0.3) is 11.2 Å². The van der Waals surface area contributed by atoms with Gasteiger partial charge in [0.15, 0.2) is 5.16 Å². The predicted octanol–water partition coefficient (Wildman–Crippen LogP) is 3.02. The maximum atomic E-state index is 11.7. The van der Waals surface area contributed by atoms with E-state index in [0.717, 1.165) is 11.3 Å². The number of nitro groups is 1. The summed E-state index contributed by atoms with van der Waals surface area (Å²) in [4.78, 5) is 26.1. The number of non-ortho nitro benzene ring substituents is 1. The van der Waals surface area contributed by atoms with E-state index in [9.17, 15) is 14.9 Å². The van der Waals surface area contributed by atoms with Crippen LogP contribution in [0.2, 0.25) is 0 Å². The maximum Gasteiger partial charge on any atom is 0.275 e. The first kappa shape index (κ1) is 16.7. The Balaban J connectivity index is 1.89. The molecule has 8 heteroatoms. The molecule has 3 rings (SSSR count). The van der Waals surface area contributed by atoms with Crippen LogP contribution in [0.25, 0.3) is 5.69 Å². The average molecular weight is 354 g/mol. The van der Waals surface area contributed by atoms with Crippen LogP contribution in [-0.2, 0) is 5.75 Å². The van der Waals surface area contributed by atoms with Crippen LogP contribution in [0.5, 0.6) is 0 Å². The molecule has 0 amide bonds. The molecule has 7 nitrogen and oxygen atoms in total. The van der Waals surface area contributed by atoms with Crippen LogP contribution < -0.4 is 11.3 Å². The number of nitrogen functional groups attached to an aromatic ring is 1. The number of hydrogen-bond donors (Lipinski definition) is 1. The topological polar surface area (TPSA) is 104 Å². The lowest BCUT2D eigenvalue weighted by Gasteiger charge is -2.14. The molecular formula is C17H14N4O3S. The molecule has 0 aliphatic rings. The Kier molecular flexibility index (Phi) is 4.80. The minimum Gasteiger partial charge on any atom is -0.385 e. The first-order chi connectivity index (χ1) is 12.0. The van der Waals surface area contributed by atoms with Crippen molar-refractivity contribution >= 4 is 23.3 Å². The second-order valence-electron chi connectivity index (χ2n) is 5.19. The van der Waals surface area contributed by atoms with Gasteiger partial charge in [-0.1, -0.05) is 42.1 Å². The van der Waals surface area contributed by atoms with Crippen molar-refractivity contribution in [1.29, 1.82) is 0 Å². The quantitative estimate of drug-likeness (QED) is 0.327. The number of nitrogens with zero attached hydrogens (tertiary/aromatic N) is 3. The minimum absolute atomic E-state index is 0.0389. The number of nitro benzene ring substituents is 1. The second-order valence-corrected chi connectivity index (χ2v) is 6.13. The molecule has 0 bridgehead atoms. The smallest absolute Gasteiger partial charge is 0.275 e. The van der Waals surface area contributed by atoms with Gasteiger partial charge in [-0.25, -0.2) is 0 Å². The first-order valence-corrected chi connectivity index (χ1v) is 8.34. The largest absolute Gasteiger partial charge is 0.385 e. The minimum atomic E-state index is -0.441. The van der Waals surface area contributed by atoms with Crippen LogP contribution in [0, 0.1) is 10.1 Å². The lowest BCUT2D eigenvalue weighted by molar-refractivity contribution is -0.384. The van der Waals surface area contributed by atoms with Gasteiger partial charge in [0.05, 0.1) is 4.92 Å². The summed E-state index contributed by atoms with van der Waals surface area (Å²) < 4.78 is 1.71. The molecule has 0 aliphatic carbocycles. The van der Waals surface area contributed by atoms with E-state index in [0.29, 0.717) is 16.7 Å². The van der Waals surface area contributed by atoms with E-state index in [-0.39, 0.29) is 5.69 Å². The highest BCUT2D eigenvalue weighted by molar-refractivity contribution is 7.98. The number of nitrogens with two attached hydrogens (primary N) is 1. The fraction of sp³-hybridized carbons (Fsp3) is 0.0588. The molecule has 1 heterocycles. The van der Waals surface area contributed by atoms with Crippen LogP contribution in [0.1, 0.15) is 5.56 Å². The molecule has 0 fully saturated rings. The normalized spacial score (nSPS) is 10.6. The van der Waals surface area contributed by atoms with Crippen molar-refractivity contribution in [3.8, 4) is 5.69 Å². The predicted molar refractivity (Wildman–Crippen MR) is 96.9 cm³/mol. The maximum absolute atomic E-state index is 11.7. The van der Waals surface area contributed by atoms with Crippen molar-refractivity contribution in [2.45, 2.75) is 10.9 Å². The molecule has 0 unspecified atom stereocenters. The van der Waals surface area contributed by atoms with Gasteiger partial charge < -0.3 is 5.73 Å². The van der Waals surface area contributed by atoms with Gasteiger partial charge in [0, 0.05) is 29.6 Å². The SMILES string of the molecule is Nc1cc(=O)nc(SCc2ccc([N+](=O)[O-])cc2)n1-c1ccccc1. The lowest BCUT2D eigenvalue weighted by Crippen LogP contribution is -2.16. The molecule has 0 saturated heterocycles. The Morgan fingerprint density at radius 1 is 1.12 bits per heavy atom. The van der Waals surface area contributed by atoms with E-state index in [1.807, 2.05) is 30.3 Å². The zero-order valence-electron chi connectivity index (χ0n) is 13.0. The van der Waals surface area contributed by atoms with Crippen molar-refractivity contribution in [1.82, 2.24) is 9.55 Å². The van der Waals surface area contributed by atoms with Gasteiger partial charge in [-0.05, 0) is 17.7 Å². The molecule has 1 aromatic heterocycles. The third kappa shape index (κ3) is 3.86. The van der Waals surface area contributed by atoms with Gasteiger partial charge in [-0.15, -0.1) is 0 Å². The summed E-state index contributed by atoms with van der Waals surface area (Å²) in [6, 6.07) is 16.9. The standard InChI is InChI=1S/C17H14N4O3S/c18-15-10-16(22)19-17(20(15)13-4-2-1-3-5-13)25-11-12-6-8-14(9-7-12)21(23)24/h1-10H,11,18H2. The molecule has 2 N–H and O–H groups in total. The van der Waals surface area contributed by atoms with E-state index in [1.165, 1.54) is 30.0 Å². The third-order valence-electron chi connectivity index (χ3n) is 3.46. The summed E-state index contributed by atoms with van der Waals surface area (Å²) >= 11 is 1.34. The zero-order valence-corrected chi connectivity index (χ0v) is 13.8. The number of aromatic nitrogens is 2. The molecule has 0 spiro atoms. The van der Waals surface area contributed by atoms with E-state index in [1.54, 1.807) is 16.7 Å². The van der Waals surface area contributed by atoms with Crippen molar-refractivity contribution < 1.29 is 4.92 Å². The average Bonchev–Trinajstić information content (AvgIpc) is 2.60. The second kappa shape index (κ2) is 7.18. The van der Waals surface area contributed by atoms with Gasteiger partial charge in [-0.2, -0.15) is 4.98 Å². The van der Waals surface area contributed by atoms with E-state index in [4.69, 9.17) is 5.73 Å². The van der Waals surface area contributed by atoms with Gasteiger partial charge in [0.2, 0.25) is 0 Å². The fourth-order valence-electron chi connectivity index (χ4n) is 2.27. The highest BCUT2D eigenvalue weighted by atomic mass is 32.2. The van der Waals surface area contributed by atoms with Crippen LogP contribution in [0.15, 0.2) is 70.6 Å². The molecule has 2 aromatic carbocycles. The summed E-state index contributed by atoms with van der Waals surface area (Å²) in [5, 5.41) is 11.2. The lowest BCUT2D eigenvalue weighted by atomic mass is 10.2. The monoisotopic (exact) mass is 354 g/mol. The molecule has 25 heavy (non-hydrogen) atoms. The van der Waals surface area contributed by atoms with Crippen LogP contribution in [-0.4, -0.2) is 14.5 Å². The van der Waals surface area contributed by atoms with Crippen LogP contribution in [0.4, 0.5) is 11.5 Å². The first-order valence-electron chi connectivity index (χ1n) is 7.36. The summed E-state index contributed by atoms with van der Waals surface area (Å²) in [5.41, 5.74) is 7.33. The molecule has 0 saturated carbocycles. The summed E-state index contributed by atoms with van der Waals surface area (Å²) in [6.07, 6.45) is 0. The Morgan fingerprint density at radius 3 is 2.44 bits per heavy atom. The number of anilines is 1. The van der Waals surface area contributed by atoms with Crippen LogP contribution >= 0.6 is 11.8 Å². The summed E-state index contributed by atoms with van der Waals surface area (Å²) in [7, 11) is 0. The summed E-state index contributed by atoms with van der Waals surface area (Å²) in [6.45, 7) is 0. The number of benzene rings is 2. The van der Waals surface area contributed by atoms with Crippen LogP contribution in [0.3, 0.4) is 0 Å². The molecule has 0 aliphatic heterocycles. The van der Waals surface area contributed by atoms with Crippen molar-refractivity contribution in [3.05, 3.63) is 86.7 Å². The number of para-hydroxylation sites is 1. The highest BCUT2D eigenvalue weighted by Gasteiger charge is 2.11. The van der Waals surface area contributed by atoms with Gasteiger partial charge >= 0.3 is 0 Å². The molecule has 126 valence electrons.